The molecule has 0 saturated carbocycles. The first-order valence-corrected chi connectivity index (χ1v) is 6.85. The lowest BCUT2D eigenvalue weighted by molar-refractivity contribution is 0.0529. The van der Waals surface area contributed by atoms with E-state index in [0.29, 0.717) is 24.5 Å². The van der Waals surface area contributed by atoms with Crippen molar-refractivity contribution in [1.82, 2.24) is 10.3 Å². The zero-order chi connectivity index (χ0) is 16.0. The number of hydrogen-bond acceptors (Lipinski definition) is 5. The first-order valence-electron chi connectivity index (χ1n) is 6.85. The Morgan fingerprint density at radius 3 is 2.71 bits per heavy atom. The van der Waals surface area contributed by atoms with Crippen LogP contribution in [0.4, 0.5) is 16.3 Å². The molecule has 1 aromatic heterocycles. The van der Waals surface area contributed by atoms with Crippen molar-refractivity contribution in [1.29, 1.82) is 0 Å². The van der Waals surface area contributed by atoms with Crippen molar-refractivity contribution in [3.05, 3.63) is 23.4 Å². The summed E-state index contributed by atoms with van der Waals surface area (Å²) in [6, 6.07) is 1.79. The average molecular weight is 292 g/mol. The molecule has 1 heterocycles. The van der Waals surface area contributed by atoms with Gasteiger partial charge in [-0.2, -0.15) is 0 Å². The number of aryl methyl sites for hydroxylation is 1. The van der Waals surface area contributed by atoms with Gasteiger partial charge in [-0.05, 0) is 45.7 Å². The number of hydrogen-bond donors (Lipinski definition) is 3. The van der Waals surface area contributed by atoms with Gasteiger partial charge in [0.05, 0.1) is 5.69 Å². The van der Waals surface area contributed by atoms with Crippen LogP contribution in [-0.4, -0.2) is 23.2 Å². The van der Waals surface area contributed by atoms with Crippen molar-refractivity contribution in [2.24, 2.45) is 0 Å². The first kappa shape index (κ1) is 16.8. The van der Waals surface area contributed by atoms with Gasteiger partial charge in [0.25, 0.3) is 0 Å². The standard InChI is InChI=1S/C15H24N4O2/c1-10-11(9-12(16)13(17)19-10)7-5-6-8-18-14(20)21-15(2,3)4/h5,7,9H,6,8,16H2,1-4H3,(H2,17,19)(H,18,20). The number of nitrogens with one attached hydrogen (secondary N) is 1. The number of nitrogen functional groups attached to an aromatic ring is 2. The van der Waals surface area contributed by atoms with Crippen molar-refractivity contribution in [2.45, 2.75) is 39.7 Å². The number of anilines is 2. The molecule has 6 heteroatoms. The monoisotopic (exact) mass is 292 g/mol. The molecule has 0 spiro atoms. The van der Waals surface area contributed by atoms with E-state index < -0.39 is 11.7 Å². The van der Waals surface area contributed by atoms with Crippen molar-refractivity contribution >= 4 is 23.7 Å². The molecule has 0 aliphatic carbocycles. The Balaban J connectivity index is 2.43. The SMILES string of the molecule is Cc1nc(N)c(N)cc1C=CCCNC(=O)OC(C)(C)C. The zero-order valence-corrected chi connectivity index (χ0v) is 13.1. The van der Waals surface area contributed by atoms with E-state index >= 15 is 0 Å². The summed E-state index contributed by atoms with van der Waals surface area (Å²) in [7, 11) is 0. The van der Waals surface area contributed by atoms with E-state index in [1.807, 2.05) is 39.8 Å². The third-order valence-electron chi connectivity index (χ3n) is 2.59. The molecule has 1 aromatic rings. The van der Waals surface area contributed by atoms with E-state index in [9.17, 15) is 4.79 Å². The number of nitrogens with zero attached hydrogens (tertiary/aromatic N) is 1. The van der Waals surface area contributed by atoms with E-state index in [1.54, 1.807) is 6.07 Å². The number of carbonyl (C=O) groups is 1. The summed E-state index contributed by atoms with van der Waals surface area (Å²) in [6.45, 7) is 7.85. The fourth-order valence-electron chi connectivity index (χ4n) is 1.61. The summed E-state index contributed by atoms with van der Waals surface area (Å²) in [6.07, 6.45) is 4.12. The van der Waals surface area contributed by atoms with Crippen LogP contribution in [0.15, 0.2) is 12.1 Å². The maximum Gasteiger partial charge on any atom is 0.407 e. The van der Waals surface area contributed by atoms with Gasteiger partial charge in [0, 0.05) is 12.2 Å². The highest BCUT2D eigenvalue weighted by Gasteiger charge is 2.15. The maximum absolute atomic E-state index is 11.4. The Morgan fingerprint density at radius 1 is 1.43 bits per heavy atom. The highest BCUT2D eigenvalue weighted by atomic mass is 16.6. The molecule has 5 N–H and O–H groups in total. The van der Waals surface area contributed by atoms with Crippen LogP contribution in [0.5, 0.6) is 0 Å². The third-order valence-corrected chi connectivity index (χ3v) is 2.59. The fourth-order valence-corrected chi connectivity index (χ4v) is 1.61. The van der Waals surface area contributed by atoms with Crippen molar-refractivity contribution in [3.8, 4) is 0 Å². The summed E-state index contributed by atoms with van der Waals surface area (Å²) in [4.78, 5) is 15.6. The Hall–Kier alpha value is -2.24. The Kier molecular flexibility index (Phi) is 5.58. The van der Waals surface area contributed by atoms with Crippen LogP contribution in [0, 0.1) is 6.92 Å². The lowest BCUT2D eigenvalue weighted by Crippen LogP contribution is -2.32. The topological polar surface area (TPSA) is 103 Å². The molecule has 0 saturated heterocycles. The minimum Gasteiger partial charge on any atom is -0.444 e. The molecule has 1 rings (SSSR count). The maximum atomic E-state index is 11.4. The summed E-state index contributed by atoms with van der Waals surface area (Å²) >= 11 is 0. The number of rotatable bonds is 4. The van der Waals surface area contributed by atoms with Crippen LogP contribution in [0.2, 0.25) is 0 Å². The zero-order valence-electron chi connectivity index (χ0n) is 13.1. The van der Waals surface area contributed by atoms with Crippen molar-refractivity contribution in [2.75, 3.05) is 18.0 Å². The summed E-state index contributed by atoms with van der Waals surface area (Å²) in [5, 5.41) is 2.69. The number of alkyl carbamates (subject to hydrolysis) is 1. The Bertz CT molecular complexity index is 533. The van der Waals surface area contributed by atoms with Gasteiger partial charge in [-0.25, -0.2) is 9.78 Å². The normalized spacial score (nSPS) is 11.6. The van der Waals surface area contributed by atoms with E-state index in [1.165, 1.54) is 0 Å². The molecule has 0 atom stereocenters. The number of pyridine rings is 1. The third kappa shape index (κ3) is 6.16. The van der Waals surface area contributed by atoms with Gasteiger partial charge in [0.15, 0.2) is 0 Å². The molecule has 0 bridgehead atoms. The summed E-state index contributed by atoms with van der Waals surface area (Å²) in [5.74, 6) is 0.344. The van der Waals surface area contributed by atoms with Crippen LogP contribution in [-0.2, 0) is 4.74 Å². The Morgan fingerprint density at radius 2 is 2.10 bits per heavy atom. The number of carbonyl (C=O) groups excluding carboxylic acids is 1. The van der Waals surface area contributed by atoms with Gasteiger partial charge in [-0.15, -0.1) is 0 Å². The molecule has 0 aliphatic rings. The first-order chi connectivity index (χ1) is 9.69. The largest absolute Gasteiger partial charge is 0.444 e. The van der Waals surface area contributed by atoms with Crippen LogP contribution in [0.1, 0.15) is 38.4 Å². The van der Waals surface area contributed by atoms with Crippen molar-refractivity contribution < 1.29 is 9.53 Å². The van der Waals surface area contributed by atoms with E-state index in [2.05, 4.69) is 10.3 Å². The van der Waals surface area contributed by atoms with Gasteiger partial charge < -0.3 is 21.5 Å². The molecule has 0 unspecified atom stereocenters. The van der Waals surface area contributed by atoms with Crippen LogP contribution >= 0.6 is 0 Å². The second-order valence-corrected chi connectivity index (χ2v) is 5.76. The molecule has 6 nitrogen and oxygen atoms in total. The number of nitrogens with two attached hydrogens (primary N) is 2. The van der Waals surface area contributed by atoms with Crippen LogP contribution in [0.25, 0.3) is 6.08 Å². The van der Waals surface area contributed by atoms with Crippen LogP contribution in [0.3, 0.4) is 0 Å². The van der Waals surface area contributed by atoms with Gasteiger partial charge in [-0.3, -0.25) is 0 Å². The molecule has 116 valence electrons. The molecule has 1 amide bonds. The number of ether oxygens (including phenoxy) is 1. The highest BCUT2D eigenvalue weighted by molar-refractivity contribution is 5.68. The molecule has 0 aliphatic heterocycles. The quantitative estimate of drug-likeness (QED) is 0.740. The predicted molar refractivity (Wildman–Crippen MR) is 85.7 cm³/mol. The lowest BCUT2D eigenvalue weighted by atomic mass is 10.1. The minimum absolute atomic E-state index is 0.344. The van der Waals surface area contributed by atoms with E-state index in [0.717, 1.165) is 11.3 Å². The minimum atomic E-state index is -0.482. The van der Waals surface area contributed by atoms with Crippen LogP contribution < -0.4 is 16.8 Å². The number of aromatic nitrogens is 1. The Labute approximate surface area is 125 Å². The molecule has 0 fully saturated rings. The van der Waals surface area contributed by atoms with Gasteiger partial charge in [0.1, 0.15) is 11.4 Å². The molecule has 21 heavy (non-hydrogen) atoms. The molecule has 0 aromatic carbocycles. The predicted octanol–water partition coefficient (Wildman–Crippen LogP) is 2.48. The van der Waals surface area contributed by atoms with Gasteiger partial charge in [-0.1, -0.05) is 12.2 Å². The van der Waals surface area contributed by atoms with Gasteiger partial charge >= 0.3 is 6.09 Å². The molecular weight excluding hydrogens is 268 g/mol. The van der Waals surface area contributed by atoms with E-state index in [4.69, 9.17) is 16.2 Å². The lowest BCUT2D eigenvalue weighted by Gasteiger charge is -2.19. The number of amides is 1. The second-order valence-electron chi connectivity index (χ2n) is 5.76. The van der Waals surface area contributed by atoms with E-state index in [-0.39, 0.29) is 0 Å². The molecular formula is C15H24N4O2. The summed E-state index contributed by atoms with van der Waals surface area (Å²) < 4.78 is 5.14. The smallest absolute Gasteiger partial charge is 0.407 e. The second kappa shape index (κ2) is 6.97. The highest BCUT2D eigenvalue weighted by Crippen LogP contribution is 2.17. The molecule has 0 radical (unpaired) electrons. The average Bonchev–Trinajstić information content (AvgIpc) is 2.32. The van der Waals surface area contributed by atoms with Crippen molar-refractivity contribution in [3.63, 3.8) is 0 Å². The van der Waals surface area contributed by atoms with Gasteiger partial charge in [0.2, 0.25) is 0 Å². The summed E-state index contributed by atoms with van der Waals surface area (Å²) in [5.41, 5.74) is 13.1. The fraction of sp³-hybridized carbons (Fsp3) is 0.467.